The molecule has 8 heteroatoms. The summed E-state index contributed by atoms with van der Waals surface area (Å²) in [6.45, 7) is 3.59. The normalized spacial score (nSPS) is 22.0. The van der Waals surface area contributed by atoms with Crippen LogP contribution in [0.2, 0.25) is 0 Å². The molecular formula is C19H21N5O2S. The molecule has 0 saturated carbocycles. The molecular weight excluding hydrogens is 362 g/mol. The van der Waals surface area contributed by atoms with E-state index in [2.05, 4.69) is 21.2 Å². The molecule has 1 fully saturated rings. The summed E-state index contributed by atoms with van der Waals surface area (Å²) in [6, 6.07) is 9.70. The van der Waals surface area contributed by atoms with Crippen LogP contribution in [0, 0.1) is 5.92 Å². The van der Waals surface area contributed by atoms with Gasteiger partial charge < -0.3 is 13.6 Å². The van der Waals surface area contributed by atoms with Crippen LogP contribution in [0.25, 0.3) is 0 Å². The molecule has 2 bridgehead atoms. The Morgan fingerprint density at radius 2 is 2.15 bits per heavy atom. The van der Waals surface area contributed by atoms with E-state index in [4.69, 9.17) is 4.42 Å². The van der Waals surface area contributed by atoms with E-state index >= 15 is 0 Å². The first-order chi connectivity index (χ1) is 13.2. The lowest BCUT2D eigenvalue weighted by Crippen LogP contribution is -2.46. The van der Waals surface area contributed by atoms with Crippen LogP contribution in [0.15, 0.2) is 56.1 Å². The van der Waals surface area contributed by atoms with Crippen molar-refractivity contribution in [2.45, 2.75) is 35.7 Å². The fourth-order valence-electron chi connectivity index (χ4n) is 4.30. The molecule has 0 N–H and O–H groups in total. The van der Waals surface area contributed by atoms with E-state index in [0.29, 0.717) is 11.8 Å². The van der Waals surface area contributed by atoms with Gasteiger partial charge in [0.05, 0.1) is 6.54 Å². The highest BCUT2D eigenvalue weighted by Gasteiger charge is 2.34. The second-order valence-corrected chi connectivity index (χ2v) is 8.41. The number of rotatable bonds is 4. The Labute approximate surface area is 161 Å². The monoisotopic (exact) mass is 383 g/mol. The fourth-order valence-corrected chi connectivity index (χ4v) is 5.04. The van der Waals surface area contributed by atoms with Crippen LogP contribution in [0.4, 0.5) is 0 Å². The zero-order chi connectivity index (χ0) is 18.4. The smallest absolute Gasteiger partial charge is 0.250 e. The van der Waals surface area contributed by atoms with Crippen LogP contribution in [0.1, 0.15) is 23.8 Å². The summed E-state index contributed by atoms with van der Waals surface area (Å²) in [7, 11) is 1.92. The molecule has 3 aromatic rings. The maximum Gasteiger partial charge on any atom is 0.250 e. The Balaban J connectivity index is 1.29. The predicted molar refractivity (Wildman–Crippen MR) is 101 cm³/mol. The molecule has 27 heavy (non-hydrogen) atoms. The van der Waals surface area contributed by atoms with Crippen LogP contribution < -0.4 is 5.56 Å². The largest absolute Gasteiger partial charge is 0.453 e. The first-order valence-corrected chi connectivity index (χ1v) is 10.00. The van der Waals surface area contributed by atoms with Gasteiger partial charge in [-0.1, -0.05) is 6.07 Å². The van der Waals surface area contributed by atoms with Crippen molar-refractivity contribution in [3.05, 3.63) is 58.5 Å². The molecule has 3 aromatic heterocycles. The van der Waals surface area contributed by atoms with Crippen molar-refractivity contribution in [1.82, 2.24) is 24.2 Å². The van der Waals surface area contributed by atoms with Crippen molar-refractivity contribution >= 4 is 11.8 Å². The van der Waals surface area contributed by atoms with Gasteiger partial charge in [-0.3, -0.25) is 9.69 Å². The molecule has 0 aliphatic carbocycles. The van der Waals surface area contributed by atoms with E-state index in [1.807, 2.05) is 34.4 Å². The molecule has 2 unspecified atom stereocenters. The van der Waals surface area contributed by atoms with Gasteiger partial charge in [-0.25, -0.2) is 0 Å². The molecule has 2 atom stereocenters. The predicted octanol–water partition coefficient (Wildman–Crippen LogP) is 2.34. The average molecular weight is 383 g/mol. The Morgan fingerprint density at radius 3 is 3.00 bits per heavy atom. The summed E-state index contributed by atoms with van der Waals surface area (Å²) in [4.78, 5) is 14.6. The number of pyridine rings is 1. The van der Waals surface area contributed by atoms with E-state index in [1.54, 1.807) is 12.4 Å². The van der Waals surface area contributed by atoms with Crippen molar-refractivity contribution in [2.24, 2.45) is 13.0 Å². The third kappa shape index (κ3) is 3.23. The molecule has 2 aliphatic rings. The van der Waals surface area contributed by atoms with Crippen LogP contribution in [0.3, 0.4) is 0 Å². The number of aryl methyl sites for hydroxylation is 1. The molecule has 2 aliphatic heterocycles. The first kappa shape index (κ1) is 16.8. The van der Waals surface area contributed by atoms with Gasteiger partial charge in [-0.05, 0) is 42.3 Å². The molecule has 0 amide bonds. The average Bonchev–Trinajstić information content (AvgIpc) is 3.25. The van der Waals surface area contributed by atoms with Gasteiger partial charge in [0.1, 0.15) is 12.1 Å². The number of piperidine rings is 1. The van der Waals surface area contributed by atoms with E-state index in [9.17, 15) is 4.79 Å². The maximum absolute atomic E-state index is 12.1. The van der Waals surface area contributed by atoms with Crippen LogP contribution in [-0.2, 0) is 20.1 Å². The number of furan rings is 1. The van der Waals surface area contributed by atoms with E-state index in [1.165, 1.54) is 23.9 Å². The zero-order valence-corrected chi connectivity index (χ0v) is 15.9. The van der Waals surface area contributed by atoms with E-state index < -0.39 is 0 Å². The molecule has 5 rings (SSSR count). The maximum atomic E-state index is 12.1. The lowest BCUT2D eigenvalue weighted by Gasteiger charge is -2.42. The van der Waals surface area contributed by atoms with E-state index in [0.717, 1.165) is 42.2 Å². The minimum absolute atomic E-state index is 0.132. The highest BCUT2D eigenvalue weighted by Crippen LogP contribution is 2.36. The number of hydrogen-bond acceptors (Lipinski definition) is 6. The summed E-state index contributed by atoms with van der Waals surface area (Å²) >= 11 is 1.48. The lowest BCUT2D eigenvalue weighted by atomic mass is 9.83. The zero-order valence-electron chi connectivity index (χ0n) is 15.1. The number of nitrogens with zero attached hydrogens (tertiary/aromatic N) is 5. The minimum atomic E-state index is 0.132. The van der Waals surface area contributed by atoms with Gasteiger partial charge in [0.2, 0.25) is 0 Å². The van der Waals surface area contributed by atoms with E-state index in [-0.39, 0.29) is 5.56 Å². The molecule has 0 radical (unpaired) electrons. The van der Waals surface area contributed by atoms with Gasteiger partial charge in [0, 0.05) is 44.4 Å². The lowest BCUT2D eigenvalue weighted by molar-refractivity contribution is 0.106. The molecule has 0 aromatic carbocycles. The van der Waals surface area contributed by atoms with Crippen molar-refractivity contribution in [3.63, 3.8) is 0 Å². The van der Waals surface area contributed by atoms with Crippen molar-refractivity contribution < 1.29 is 4.42 Å². The number of likely N-dealkylation sites (tertiary alicyclic amines) is 1. The summed E-state index contributed by atoms with van der Waals surface area (Å²) in [6.07, 6.45) is 2.85. The Kier molecular flexibility index (Phi) is 4.17. The van der Waals surface area contributed by atoms with Crippen molar-refractivity contribution in [2.75, 3.05) is 13.1 Å². The SMILES string of the molecule is Cn1cnnc1Sc1ccc(CN2CC3CC(C2)c2cccc(=O)n2C3)o1. The molecule has 140 valence electrons. The molecule has 0 spiro atoms. The third-order valence-corrected chi connectivity index (χ3v) is 6.41. The van der Waals surface area contributed by atoms with Crippen molar-refractivity contribution in [3.8, 4) is 0 Å². The second kappa shape index (κ2) is 6.69. The number of hydrogen-bond donors (Lipinski definition) is 0. The standard InChI is InChI=1S/C19H21N5O2S/c1-22-12-20-21-19(22)27-18-6-5-15(26-18)11-23-8-13-7-14(10-23)16-3-2-4-17(25)24(16)9-13/h2-6,12-14H,7-11H2,1H3. The molecule has 5 heterocycles. The van der Waals surface area contributed by atoms with Crippen LogP contribution in [0.5, 0.6) is 0 Å². The second-order valence-electron chi connectivity index (χ2n) is 7.44. The summed E-state index contributed by atoms with van der Waals surface area (Å²) in [5.41, 5.74) is 1.31. The summed E-state index contributed by atoms with van der Waals surface area (Å²) < 4.78 is 9.85. The van der Waals surface area contributed by atoms with Gasteiger partial charge in [0.15, 0.2) is 10.2 Å². The number of aromatic nitrogens is 4. The van der Waals surface area contributed by atoms with Gasteiger partial charge in [-0.2, -0.15) is 0 Å². The quantitative estimate of drug-likeness (QED) is 0.689. The summed E-state index contributed by atoms with van der Waals surface area (Å²) in [5.74, 6) is 1.91. The van der Waals surface area contributed by atoms with Gasteiger partial charge in [0.25, 0.3) is 5.56 Å². The highest BCUT2D eigenvalue weighted by molar-refractivity contribution is 7.99. The Hall–Kier alpha value is -2.32. The highest BCUT2D eigenvalue weighted by atomic mass is 32.2. The summed E-state index contributed by atoms with van der Waals surface area (Å²) in [5, 5.41) is 9.61. The molecule has 7 nitrogen and oxygen atoms in total. The van der Waals surface area contributed by atoms with Crippen molar-refractivity contribution in [1.29, 1.82) is 0 Å². The number of fused-ring (bicyclic) bond motifs is 4. The third-order valence-electron chi connectivity index (χ3n) is 5.43. The Bertz CT molecular complexity index is 1020. The molecule has 1 saturated heterocycles. The fraction of sp³-hybridized carbons (Fsp3) is 0.421. The first-order valence-electron chi connectivity index (χ1n) is 9.18. The van der Waals surface area contributed by atoms with Gasteiger partial charge >= 0.3 is 0 Å². The topological polar surface area (TPSA) is 69.1 Å². The Morgan fingerprint density at radius 1 is 1.22 bits per heavy atom. The van der Waals surface area contributed by atoms with Gasteiger partial charge in [-0.15, -0.1) is 10.2 Å². The van der Waals surface area contributed by atoms with Crippen LogP contribution in [-0.4, -0.2) is 37.3 Å². The minimum Gasteiger partial charge on any atom is -0.453 e. The van der Waals surface area contributed by atoms with Crippen LogP contribution >= 0.6 is 11.8 Å².